The molecule has 2 heterocycles. The fourth-order valence-corrected chi connectivity index (χ4v) is 5.23. The zero-order chi connectivity index (χ0) is 26.7. The summed E-state index contributed by atoms with van der Waals surface area (Å²) < 4.78 is 10.8. The first-order chi connectivity index (χ1) is 17.8. The average Bonchev–Trinajstić information content (AvgIpc) is 3.27. The second-order valence-corrected chi connectivity index (χ2v) is 9.12. The first-order valence-electron chi connectivity index (χ1n) is 12.4. The van der Waals surface area contributed by atoms with Crippen LogP contribution in [0.2, 0.25) is 0 Å². The van der Waals surface area contributed by atoms with Crippen molar-refractivity contribution in [2.45, 2.75) is 32.2 Å². The number of para-hydroxylation sites is 1. The van der Waals surface area contributed by atoms with Gasteiger partial charge in [-0.25, -0.2) is 0 Å². The first-order valence-corrected chi connectivity index (χ1v) is 12.4. The molecule has 0 radical (unpaired) electrons. The van der Waals surface area contributed by atoms with Crippen LogP contribution in [0.1, 0.15) is 36.5 Å². The number of nitrogens with zero attached hydrogens (tertiary/aromatic N) is 2. The first kappa shape index (κ1) is 26.2. The topological polar surface area (TPSA) is 96.4 Å². The van der Waals surface area contributed by atoms with Crippen molar-refractivity contribution in [3.8, 4) is 5.75 Å². The van der Waals surface area contributed by atoms with Crippen LogP contribution >= 0.6 is 0 Å². The third-order valence-corrected chi connectivity index (χ3v) is 6.79. The predicted molar refractivity (Wildman–Crippen MR) is 140 cm³/mol. The molecule has 0 aliphatic carbocycles. The zero-order valence-electron chi connectivity index (χ0n) is 21.5. The second kappa shape index (κ2) is 10.6. The molecule has 2 amide bonds. The van der Waals surface area contributed by atoms with Crippen LogP contribution in [0, 0.1) is 6.92 Å². The largest absolute Gasteiger partial charge is 0.507 e. The van der Waals surface area contributed by atoms with E-state index in [1.165, 1.54) is 4.90 Å². The van der Waals surface area contributed by atoms with Crippen LogP contribution in [0.15, 0.2) is 60.7 Å². The minimum atomic E-state index is -1.76. The molecule has 0 unspecified atom stereocenters. The summed E-state index contributed by atoms with van der Waals surface area (Å²) in [7, 11) is 1.55. The number of hydrogen-bond acceptors (Lipinski definition) is 6. The monoisotopic (exact) mass is 504 g/mol. The van der Waals surface area contributed by atoms with Crippen LogP contribution in [0.5, 0.6) is 5.75 Å². The van der Waals surface area contributed by atoms with Gasteiger partial charge in [0.05, 0.1) is 11.3 Å². The van der Waals surface area contributed by atoms with Gasteiger partial charge in [0.15, 0.2) is 5.54 Å². The Bertz CT molecular complexity index is 1280. The molecular weight excluding hydrogens is 472 g/mol. The van der Waals surface area contributed by atoms with Gasteiger partial charge in [0.1, 0.15) is 18.1 Å². The number of ketones is 1. The van der Waals surface area contributed by atoms with Crippen LogP contribution in [0.25, 0.3) is 5.76 Å². The number of carbonyl (C=O) groups is 3. The summed E-state index contributed by atoms with van der Waals surface area (Å²) in [5.41, 5.74) is 0.198. The van der Waals surface area contributed by atoms with Crippen LogP contribution in [0.3, 0.4) is 0 Å². The highest BCUT2D eigenvalue weighted by molar-refractivity contribution is 6.50. The zero-order valence-corrected chi connectivity index (χ0v) is 21.5. The lowest BCUT2D eigenvalue weighted by Crippen LogP contribution is -2.52. The fourth-order valence-electron chi connectivity index (χ4n) is 5.23. The Balaban J connectivity index is 1.96. The maximum atomic E-state index is 14.3. The molecule has 1 saturated heterocycles. The summed E-state index contributed by atoms with van der Waals surface area (Å²) >= 11 is 0. The Morgan fingerprint density at radius 3 is 2.57 bits per heavy atom. The van der Waals surface area contributed by atoms with E-state index in [4.69, 9.17) is 9.47 Å². The summed E-state index contributed by atoms with van der Waals surface area (Å²) in [5, 5.41) is 11.6. The minimum absolute atomic E-state index is 0.114. The third-order valence-electron chi connectivity index (χ3n) is 6.79. The highest BCUT2D eigenvalue weighted by Gasteiger charge is 2.66. The van der Waals surface area contributed by atoms with Crippen LogP contribution in [-0.2, 0) is 24.7 Å². The number of aliphatic hydroxyl groups excluding tert-OH is 1. The highest BCUT2D eigenvalue weighted by atomic mass is 16.5. The van der Waals surface area contributed by atoms with E-state index in [1.807, 2.05) is 26.0 Å². The van der Waals surface area contributed by atoms with Crippen LogP contribution in [-0.4, -0.2) is 61.0 Å². The van der Waals surface area contributed by atoms with E-state index < -0.39 is 28.9 Å². The van der Waals surface area contributed by atoms with E-state index >= 15 is 0 Å². The second-order valence-electron chi connectivity index (χ2n) is 9.12. The normalized spacial score (nSPS) is 20.1. The van der Waals surface area contributed by atoms with Crippen molar-refractivity contribution in [1.29, 1.82) is 0 Å². The Hall–Kier alpha value is -3.91. The van der Waals surface area contributed by atoms with Crippen LogP contribution in [0.4, 0.5) is 5.69 Å². The number of Topliss-reactive ketones (excluding diaryl/α,β-unsaturated/α-hetero) is 1. The van der Waals surface area contributed by atoms with Crippen molar-refractivity contribution in [3.05, 3.63) is 77.4 Å². The Morgan fingerprint density at radius 1 is 1.14 bits per heavy atom. The number of hydrogen-bond donors (Lipinski definition) is 1. The van der Waals surface area contributed by atoms with E-state index in [0.29, 0.717) is 55.2 Å². The number of fused-ring (bicyclic) bond motifs is 2. The van der Waals surface area contributed by atoms with Crippen molar-refractivity contribution >= 4 is 29.0 Å². The molecule has 4 rings (SSSR count). The van der Waals surface area contributed by atoms with Gasteiger partial charge in [-0.1, -0.05) is 37.8 Å². The number of anilines is 1. The highest BCUT2D eigenvalue weighted by Crippen LogP contribution is 2.53. The van der Waals surface area contributed by atoms with Crippen LogP contribution < -0.4 is 9.64 Å². The maximum absolute atomic E-state index is 14.3. The number of amides is 2. The lowest BCUT2D eigenvalue weighted by Gasteiger charge is -2.34. The molecule has 194 valence electrons. The summed E-state index contributed by atoms with van der Waals surface area (Å²) in [4.78, 5) is 44.2. The van der Waals surface area contributed by atoms with E-state index in [-0.39, 0.29) is 12.1 Å². The molecule has 0 aromatic heterocycles. The minimum Gasteiger partial charge on any atom is -0.507 e. The van der Waals surface area contributed by atoms with Crippen molar-refractivity contribution < 1.29 is 29.0 Å². The number of likely N-dealkylation sites (tertiary alicyclic amines) is 1. The molecular formula is C29H32N2O6. The number of aliphatic hydroxyl groups is 1. The molecule has 1 N–H and O–H groups in total. The van der Waals surface area contributed by atoms with Gasteiger partial charge in [-0.3, -0.25) is 14.4 Å². The van der Waals surface area contributed by atoms with E-state index in [0.717, 1.165) is 5.56 Å². The molecule has 1 atom stereocenters. The Labute approximate surface area is 216 Å². The molecule has 2 aromatic carbocycles. The van der Waals surface area contributed by atoms with Gasteiger partial charge in [-0.05, 0) is 49.6 Å². The smallest absolute Gasteiger partial charge is 0.296 e. The number of benzene rings is 2. The van der Waals surface area contributed by atoms with Gasteiger partial charge in [0.25, 0.3) is 17.6 Å². The summed E-state index contributed by atoms with van der Waals surface area (Å²) in [5.74, 6) is -1.92. The van der Waals surface area contributed by atoms with Crippen molar-refractivity contribution in [1.82, 2.24) is 4.90 Å². The van der Waals surface area contributed by atoms with E-state index in [2.05, 4.69) is 6.58 Å². The van der Waals surface area contributed by atoms with Gasteiger partial charge in [-0.2, -0.15) is 0 Å². The molecule has 8 nitrogen and oxygen atoms in total. The number of methoxy groups -OCH3 is 1. The van der Waals surface area contributed by atoms with Gasteiger partial charge in [-0.15, -0.1) is 0 Å². The average molecular weight is 505 g/mol. The predicted octanol–water partition coefficient (Wildman–Crippen LogP) is 3.93. The van der Waals surface area contributed by atoms with Gasteiger partial charge < -0.3 is 24.4 Å². The summed E-state index contributed by atoms with van der Waals surface area (Å²) in [6.07, 6.45) is 2.73. The molecule has 8 heteroatoms. The molecule has 2 aliphatic heterocycles. The van der Waals surface area contributed by atoms with Gasteiger partial charge in [0, 0.05) is 37.9 Å². The molecule has 0 bridgehead atoms. The van der Waals surface area contributed by atoms with Gasteiger partial charge >= 0.3 is 0 Å². The van der Waals surface area contributed by atoms with Crippen molar-refractivity contribution in [3.63, 3.8) is 0 Å². The summed E-state index contributed by atoms with van der Waals surface area (Å²) in [6.45, 7) is 8.60. The Kier molecular flexibility index (Phi) is 7.50. The molecule has 2 aliphatic rings. The summed E-state index contributed by atoms with van der Waals surface area (Å²) in [6, 6.07) is 12.1. The third kappa shape index (κ3) is 4.11. The SMILES string of the molecule is C=CCOc1ccc(C(O)=C2C(=O)C(=O)N(CCCOC)[C@]23C(=O)N(CCC)c2ccccc23)cc1C. The fraction of sp³-hybridized carbons (Fsp3) is 0.345. The number of rotatable bonds is 10. The number of aryl methyl sites for hydroxylation is 1. The van der Waals surface area contributed by atoms with Crippen molar-refractivity contribution in [2.75, 3.05) is 38.3 Å². The van der Waals surface area contributed by atoms with Gasteiger partial charge in [0.2, 0.25) is 0 Å². The number of ether oxygens (including phenoxy) is 2. The molecule has 0 saturated carbocycles. The van der Waals surface area contributed by atoms with E-state index in [1.54, 1.807) is 48.4 Å². The molecule has 1 fully saturated rings. The lowest BCUT2D eigenvalue weighted by molar-refractivity contribution is -0.143. The standard InChI is InChI=1S/C29H32N2O6/c1-5-14-30-22-11-8-7-10-21(22)29(28(30)35)24(26(33)27(34)31(29)15-9-17-36-4)25(32)20-12-13-23(19(3)18-20)37-16-6-2/h6-8,10-13,18,32H,2,5,9,14-17H2,1,3-4H3/t29-/m0/s1. The molecule has 2 aromatic rings. The lowest BCUT2D eigenvalue weighted by atomic mass is 9.81. The van der Waals surface area contributed by atoms with E-state index in [9.17, 15) is 19.5 Å². The molecule has 1 spiro atoms. The van der Waals surface area contributed by atoms with Crippen molar-refractivity contribution in [2.24, 2.45) is 0 Å². The Morgan fingerprint density at radius 2 is 1.89 bits per heavy atom. The number of carbonyl (C=O) groups excluding carboxylic acids is 3. The molecule has 37 heavy (non-hydrogen) atoms. The quantitative estimate of drug-likeness (QED) is 0.173. The maximum Gasteiger partial charge on any atom is 0.296 e.